The molecule has 3 N–H and O–H groups in total. The molecule has 0 saturated carbocycles. The quantitative estimate of drug-likeness (QED) is 0.559. The first-order valence-electron chi connectivity index (χ1n) is 7.58. The number of rotatable bonds is 6. The summed E-state index contributed by atoms with van der Waals surface area (Å²) in [4.78, 5) is 18.0. The number of aliphatic imine (C=N–C) groups is 1. The van der Waals surface area contributed by atoms with E-state index in [1.165, 1.54) is 0 Å². The summed E-state index contributed by atoms with van der Waals surface area (Å²) in [5, 5.41) is 2.84. The van der Waals surface area contributed by atoms with Crippen molar-refractivity contribution in [2.24, 2.45) is 16.6 Å². The second-order valence-corrected chi connectivity index (χ2v) is 5.49. The number of guanidine groups is 1. The largest absolute Gasteiger partial charge is 0.450 e. The number of carbonyl (C=O) groups is 1. The topological polar surface area (TPSA) is 89.2 Å². The molecule has 1 aliphatic heterocycles. The van der Waals surface area contributed by atoms with Crippen molar-refractivity contribution in [3.05, 3.63) is 0 Å². The van der Waals surface area contributed by atoms with Crippen LogP contribution in [0.4, 0.5) is 4.79 Å². The van der Waals surface area contributed by atoms with Gasteiger partial charge in [-0.25, -0.2) is 4.79 Å². The molecule has 7 nitrogen and oxygen atoms in total. The minimum atomic E-state index is -0.400. The lowest BCUT2D eigenvalue weighted by atomic mass is 10.0. The Morgan fingerprint density at radius 1 is 1.43 bits per heavy atom. The molecule has 1 unspecified atom stereocenters. The van der Waals surface area contributed by atoms with Crippen LogP contribution in [0.3, 0.4) is 0 Å². The van der Waals surface area contributed by atoms with Gasteiger partial charge in [0, 0.05) is 13.1 Å². The fraction of sp³-hybridized carbons (Fsp3) is 0.857. The number of alkyl carbamates (subject to hydrolysis) is 1. The van der Waals surface area contributed by atoms with E-state index >= 15 is 0 Å². The predicted octanol–water partition coefficient (Wildman–Crippen LogP) is 0.794. The number of hydrogen-bond donors (Lipinski definition) is 2. The van der Waals surface area contributed by atoms with Crippen molar-refractivity contribution < 1.29 is 14.3 Å². The van der Waals surface area contributed by atoms with Crippen molar-refractivity contribution in [2.45, 2.75) is 33.2 Å². The Balaban J connectivity index is 2.51. The summed E-state index contributed by atoms with van der Waals surface area (Å²) in [6, 6.07) is -0.0661. The fourth-order valence-corrected chi connectivity index (χ4v) is 2.18. The van der Waals surface area contributed by atoms with Crippen molar-refractivity contribution in [3.63, 3.8) is 0 Å². The van der Waals surface area contributed by atoms with Crippen molar-refractivity contribution in [1.82, 2.24) is 10.2 Å². The molecule has 0 aliphatic carbocycles. The van der Waals surface area contributed by atoms with Gasteiger partial charge in [-0.15, -0.1) is 0 Å². The lowest BCUT2D eigenvalue weighted by Gasteiger charge is -2.28. The number of nitrogens with zero attached hydrogens (tertiary/aromatic N) is 2. The number of nitrogens with two attached hydrogens (primary N) is 1. The van der Waals surface area contributed by atoms with Crippen molar-refractivity contribution in [3.8, 4) is 0 Å². The van der Waals surface area contributed by atoms with Crippen LogP contribution in [0.5, 0.6) is 0 Å². The Morgan fingerprint density at radius 3 is 2.67 bits per heavy atom. The smallest absolute Gasteiger partial charge is 0.407 e. The maximum absolute atomic E-state index is 11.5. The molecule has 1 saturated heterocycles. The molecular weight excluding hydrogens is 272 g/mol. The third kappa shape index (κ3) is 7.17. The van der Waals surface area contributed by atoms with E-state index in [4.69, 9.17) is 15.2 Å². The molecule has 1 atom stereocenters. The third-order valence-electron chi connectivity index (χ3n) is 3.16. The van der Waals surface area contributed by atoms with Gasteiger partial charge in [0.1, 0.15) is 0 Å². The van der Waals surface area contributed by atoms with Crippen LogP contribution in [0.25, 0.3) is 0 Å². The Hall–Kier alpha value is -1.50. The van der Waals surface area contributed by atoms with Crippen LogP contribution in [0.15, 0.2) is 4.99 Å². The van der Waals surface area contributed by atoms with Crippen LogP contribution in [-0.2, 0) is 9.47 Å². The van der Waals surface area contributed by atoms with E-state index in [1.807, 2.05) is 4.90 Å². The molecule has 0 spiro atoms. The van der Waals surface area contributed by atoms with Crippen LogP contribution < -0.4 is 11.1 Å². The Bertz CT molecular complexity index is 341. The second kappa shape index (κ2) is 9.44. The highest BCUT2D eigenvalue weighted by Gasteiger charge is 2.16. The zero-order chi connectivity index (χ0) is 15.7. The molecule has 1 fully saturated rings. The maximum atomic E-state index is 11.5. The molecular formula is C14H28N4O3. The van der Waals surface area contributed by atoms with E-state index in [1.54, 1.807) is 6.92 Å². The lowest BCUT2D eigenvalue weighted by molar-refractivity contribution is 0.0674. The van der Waals surface area contributed by atoms with Crippen LogP contribution >= 0.6 is 0 Å². The highest BCUT2D eigenvalue weighted by atomic mass is 16.5. The van der Waals surface area contributed by atoms with Gasteiger partial charge < -0.3 is 25.4 Å². The summed E-state index contributed by atoms with van der Waals surface area (Å²) in [5.74, 6) is 0.967. The van der Waals surface area contributed by atoms with Gasteiger partial charge in [0.15, 0.2) is 5.96 Å². The molecule has 0 aromatic heterocycles. The number of hydrogen-bond acceptors (Lipinski definition) is 4. The van der Waals surface area contributed by atoms with Crippen LogP contribution in [0, 0.1) is 5.92 Å². The summed E-state index contributed by atoms with van der Waals surface area (Å²) >= 11 is 0. The Kier molecular flexibility index (Phi) is 7.89. The number of nitrogens with one attached hydrogen (secondary N) is 1. The van der Waals surface area contributed by atoms with Crippen LogP contribution in [0.1, 0.15) is 27.2 Å². The second-order valence-electron chi connectivity index (χ2n) is 5.49. The molecule has 1 amide bonds. The monoisotopic (exact) mass is 300 g/mol. The first-order valence-corrected chi connectivity index (χ1v) is 7.58. The van der Waals surface area contributed by atoms with Gasteiger partial charge in [0.25, 0.3) is 0 Å². The van der Waals surface area contributed by atoms with E-state index in [9.17, 15) is 4.79 Å². The van der Waals surface area contributed by atoms with Crippen molar-refractivity contribution >= 4 is 12.1 Å². The summed E-state index contributed by atoms with van der Waals surface area (Å²) in [5.41, 5.74) is 5.99. The zero-order valence-corrected chi connectivity index (χ0v) is 13.3. The van der Waals surface area contributed by atoms with Gasteiger partial charge in [-0.2, -0.15) is 0 Å². The Morgan fingerprint density at radius 2 is 2.10 bits per heavy atom. The molecule has 0 aromatic rings. The minimum Gasteiger partial charge on any atom is -0.450 e. The highest BCUT2D eigenvalue weighted by molar-refractivity contribution is 5.78. The minimum absolute atomic E-state index is 0.0661. The maximum Gasteiger partial charge on any atom is 0.407 e. The molecule has 7 heteroatoms. The van der Waals surface area contributed by atoms with Gasteiger partial charge in [-0.1, -0.05) is 13.8 Å². The SMILES string of the molecule is CCOC(=O)NC(CN=C(N)N1CCOCC1)CC(C)C. The highest BCUT2D eigenvalue weighted by Crippen LogP contribution is 2.06. The van der Waals surface area contributed by atoms with Gasteiger partial charge in [-0.3, -0.25) is 4.99 Å². The van der Waals surface area contributed by atoms with Crippen LogP contribution in [-0.4, -0.2) is 62.4 Å². The average molecular weight is 300 g/mol. The average Bonchev–Trinajstić information content (AvgIpc) is 2.45. The van der Waals surface area contributed by atoms with E-state index in [0.29, 0.717) is 38.2 Å². The molecule has 1 heterocycles. The molecule has 21 heavy (non-hydrogen) atoms. The predicted molar refractivity (Wildman–Crippen MR) is 82.3 cm³/mol. The number of amides is 1. The van der Waals surface area contributed by atoms with Gasteiger partial charge in [-0.05, 0) is 19.3 Å². The van der Waals surface area contributed by atoms with Crippen molar-refractivity contribution in [2.75, 3.05) is 39.5 Å². The van der Waals surface area contributed by atoms with E-state index in [-0.39, 0.29) is 6.04 Å². The number of ether oxygens (including phenoxy) is 2. The lowest BCUT2D eigenvalue weighted by Crippen LogP contribution is -2.46. The van der Waals surface area contributed by atoms with Gasteiger partial charge >= 0.3 is 6.09 Å². The summed E-state index contributed by atoms with van der Waals surface area (Å²) in [7, 11) is 0. The van der Waals surface area contributed by atoms with Gasteiger partial charge in [0.05, 0.1) is 32.4 Å². The standard InChI is InChI=1S/C14H28N4O3/c1-4-21-14(19)17-12(9-11(2)3)10-16-13(15)18-5-7-20-8-6-18/h11-12H,4-10H2,1-3H3,(H2,15,16)(H,17,19). The molecule has 0 radical (unpaired) electrons. The summed E-state index contributed by atoms with van der Waals surface area (Å²) < 4.78 is 10.2. The molecule has 0 aromatic carbocycles. The molecule has 0 bridgehead atoms. The number of carbonyl (C=O) groups excluding carboxylic acids is 1. The number of morpholine rings is 1. The normalized spacial score (nSPS) is 17.7. The Labute approximate surface area is 126 Å². The van der Waals surface area contributed by atoms with E-state index < -0.39 is 6.09 Å². The van der Waals surface area contributed by atoms with E-state index in [0.717, 1.165) is 19.5 Å². The van der Waals surface area contributed by atoms with E-state index in [2.05, 4.69) is 24.2 Å². The van der Waals surface area contributed by atoms with Crippen molar-refractivity contribution in [1.29, 1.82) is 0 Å². The first kappa shape index (κ1) is 17.6. The fourth-order valence-electron chi connectivity index (χ4n) is 2.18. The van der Waals surface area contributed by atoms with Gasteiger partial charge in [0.2, 0.25) is 0 Å². The molecule has 1 aliphatic rings. The summed E-state index contributed by atoms with van der Waals surface area (Å²) in [6.07, 6.45) is 0.432. The first-order chi connectivity index (χ1) is 10.0. The zero-order valence-electron chi connectivity index (χ0n) is 13.3. The third-order valence-corrected chi connectivity index (χ3v) is 3.16. The van der Waals surface area contributed by atoms with Crippen LogP contribution in [0.2, 0.25) is 0 Å². The molecule has 122 valence electrons. The molecule has 1 rings (SSSR count). The summed E-state index contributed by atoms with van der Waals surface area (Å²) in [6.45, 7) is 9.68.